The molecule has 1 aromatic rings. The minimum Gasteiger partial charge on any atom is -0.375 e. The molecule has 4 heteroatoms. The summed E-state index contributed by atoms with van der Waals surface area (Å²) in [5, 5.41) is 2.65. The highest BCUT2D eigenvalue weighted by molar-refractivity contribution is 8.93. The van der Waals surface area contributed by atoms with E-state index in [9.17, 15) is 0 Å². The lowest BCUT2D eigenvalue weighted by atomic mass is 10.4. The first-order chi connectivity index (χ1) is 3.83. The van der Waals surface area contributed by atoms with Gasteiger partial charge in [0.2, 0.25) is 0 Å². The Balaban J connectivity index is 0.000000640. The maximum atomic E-state index is 5.36. The van der Waals surface area contributed by atoms with E-state index in [1.807, 2.05) is 5.38 Å². The van der Waals surface area contributed by atoms with Crippen LogP contribution in [0.2, 0.25) is 0 Å². The summed E-state index contributed by atoms with van der Waals surface area (Å²) < 4.78 is 0. The topological polar surface area (TPSA) is 38.9 Å². The van der Waals surface area contributed by atoms with Crippen LogP contribution in [0.15, 0.2) is 5.38 Å². The molecule has 0 atom stereocenters. The molecule has 52 valence electrons. The second kappa shape index (κ2) is 3.85. The van der Waals surface area contributed by atoms with Gasteiger partial charge in [0.05, 0.1) is 5.69 Å². The summed E-state index contributed by atoms with van der Waals surface area (Å²) in [6.45, 7) is 2.06. The van der Waals surface area contributed by atoms with Crippen LogP contribution in [0.1, 0.15) is 12.6 Å². The molecule has 1 heterocycles. The predicted molar refractivity (Wildman–Crippen MR) is 46.2 cm³/mol. The molecule has 1 rings (SSSR count). The smallest absolute Gasteiger partial charge is 0.180 e. The fraction of sp³-hybridized carbons (Fsp3) is 0.400. The number of nitrogens with zero attached hydrogens (tertiary/aromatic N) is 1. The molecular weight excluding hydrogens is 200 g/mol. The van der Waals surface area contributed by atoms with Crippen LogP contribution in [0.4, 0.5) is 5.13 Å². The SMILES string of the molecule is Br.CCc1csc(N)n1. The van der Waals surface area contributed by atoms with Crippen molar-refractivity contribution < 1.29 is 0 Å². The first-order valence-corrected chi connectivity index (χ1v) is 3.40. The first-order valence-electron chi connectivity index (χ1n) is 2.53. The molecule has 0 aliphatic rings. The molecule has 0 spiro atoms. The van der Waals surface area contributed by atoms with Gasteiger partial charge in [-0.05, 0) is 6.42 Å². The lowest BCUT2D eigenvalue weighted by Gasteiger charge is -1.79. The van der Waals surface area contributed by atoms with Crippen LogP contribution in [-0.4, -0.2) is 4.98 Å². The minimum absolute atomic E-state index is 0. The fourth-order valence-electron chi connectivity index (χ4n) is 0.485. The van der Waals surface area contributed by atoms with Crippen molar-refractivity contribution in [1.29, 1.82) is 0 Å². The first kappa shape index (κ1) is 8.91. The van der Waals surface area contributed by atoms with E-state index >= 15 is 0 Å². The Morgan fingerprint density at radius 2 is 2.44 bits per heavy atom. The number of aromatic nitrogens is 1. The van der Waals surface area contributed by atoms with Gasteiger partial charge < -0.3 is 5.73 Å². The minimum atomic E-state index is 0. The van der Waals surface area contributed by atoms with Crippen LogP contribution in [0.25, 0.3) is 0 Å². The summed E-state index contributed by atoms with van der Waals surface area (Å²) in [5.74, 6) is 0. The quantitative estimate of drug-likeness (QED) is 0.766. The van der Waals surface area contributed by atoms with Crippen molar-refractivity contribution in [2.45, 2.75) is 13.3 Å². The van der Waals surface area contributed by atoms with E-state index in [0.717, 1.165) is 12.1 Å². The highest BCUT2D eigenvalue weighted by Gasteiger charge is 1.91. The van der Waals surface area contributed by atoms with Gasteiger partial charge in [0.1, 0.15) is 0 Å². The van der Waals surface area contributed by atoms with Gasteiger partial charge in [-0.15, -0.1) is 28.3 Å². The van der Waals surface area contributed by atoms with Gasteiger partial charge >= 0.3 is 0 Å². The van der Waals surface area contributed by atoms with E-state index in [2.05, 4.69) is 11.9 Å². The van der Waals surface area contributed by atoms with Crippen LogP contribution in [-0.2, 0) is 6.42 Å². The monoisotopic (exact) mass is 208 g/mol. The number of anilines is 1. The lowest BCUT2D eigenvalue weighted by molar-refractivity contribution is 1.07. The number of nitrogen functional groups attached to an aromatic ring is 1. The Hall–Kier alpha value is -0.0900. The highest BCUT2D eigenvalue weighted by atomic mass is 79.9. The number of hydrogen-bond acceptors (Lipinski definition) is 3. The Bertz CT molecular complexity index is 175. The van der Waals surface area contributed by atoms with Gasteiger partial charge in [-0.1, -0.05) is 6.92 Å². The fourth-order valence-corrected chi connectivity index (χ4v) is 1.13. The van der Waals surface area contributed by atoms with Crippen molar-refractivity contribution in [3.05, 3.63) is 11.1 Å². The molecule has 0 aliphatic heterocycles. The largest absolute Gasteiger partial charge is 0.375 e. The molecule has 2 N–H and O–H groups in total. The lowest BCUT2D eigenvalue weighted by Crippen LogP contribution is -1.83. The summed E-state index contributed by atoms with van der Waals surface area (Å²) in [7, 11) is 0. The third-order valence-electron chi connectivity index (χ3n) is 0.932. The molecular formula is C5H9BrN2S. The van der Waals surface area contributed by atoms with E-state index in [4.69, 9.17) is 5.73 Å². The molecule has 0 saturated heterocycles. The van der Waals surface area contributed by atoms with Crippen LogP contribution >= 0.6 is 28.3 Å². The van der Waals surface area contributed by atoms with Gasteiger partial charge in [0.15, 0.2) is 5.13 Å². The van der Waals surface area contributed by atoms with Gasteiger partial charge in [-0.3, -0.25) is 0 Å². The number of thiazole rings is 1. The number of rotatable bonds is 1. The number of aryl methyl sites for hydroxylation is 1. The van der Waals surface area contributed by atoms with E-state index in [0.29, 0.717) is 5.13 Å². The standard InChI is InChI=1S/C5H8N2S.BrH/c1-2-4-3-8-5(6)7-4;/h3H,2H2,1H3,(H2,6,7);1H. The van der Waals surface area contributed by atoms with Crippen LogP contribution in [0.3, 0.4) is 0 Å². The van der Waals surface area contributed by atoms with Crippen molar-refractivity contribution >= 4 is 33.4 Å². The third kappa shape index (κ3) is 2.32. The van der Waals surface area contributed by atoms with E-state index < -0.39 is 0 Å². The third-order valence-corrected chi connectivity index (χ3v) is 1.65. The summed E-state index contributed by atoms with van der Waals surface area (Å²) in [5.41, 5.74) is 6.45. The normalized spacial score (nSPS) is 8.56. The Labute approximate surface area is 68.9 Å². The van der Waals surface area contributed by atoms with E-state index in [-0.39, 0.29) is 17.0 Å². The summed E-state index contributed by atoms with van der Waals surface area (Å²) in [6, 6.07) is 0. The van der Waals surface area contributed by atoms with Crippen LogP contribution < -0.4 is 5.73 Å². The maximum Gasteiger partial charge on any atom is 0.180 e. The maximum absolute atomic E-state index is 5.36. The molecule has 0 saturated carbocycles. The summed E-state index contributed by atoms with van der Waals surface area (Å²) >= 11 is 1.50. The zero-order chi connectivity index (χ0) is 5.98. The van der Waals surface area contributed by atoms with Crippen molar-refractivity contribution in [1.82, 2.24) is 4.98 Å². The van der Waals surface area contributed by atoms with Crippen molar-refractivity contribution in [3.8, 4) is 0 Å². The molecule has 0 fully saturated rings. The Morgan fingerprint density at radius 1 is 1.78 bits per heavy atom. The second-order valence-corrected chi connectivity index (χ2v) is 2.42. The number of nitrogens with two attached hydrogens (primary N) is 1. The van der Waals surface area contributed by atoms with Gasteiger partial charge in [0.25, 0.3) is 0 Å². The van der Waals surface area contributed by atoms with Crippen LogP contribution in [0, 0.1) is 0 Å². The molecule has 9 heavy (non-hydrogen) atoms. The predicted octanol–water partition coefficient (Wildman–Crippen LogP) is 1.87. The van der Waals surface area contributed by atoms with Crippen molar-refractivity contribution in [2.75, 3.05) is 5.73 Å². The zero-order valence-corrected chi connectivity index (χ0v) is 7.66. The molecule has 1 aromatic heterocycles. The molecule has 0 aromatic carbocycles. The van der Waals surface area contributed by atoms with Gasteiger partial charge in [0, 0.05) is 5.38 Å². The number of halogens is 1. The molecule has 0 amide bonds. The molecule has 0 aliphatic carbocycles. The molecule has 0 radical (unpaired) electrons. The number of hydrogen-bond donors (Lipinski definition) is 1. The van der Waals surface area contributed by atoms with E-state index in [1.54, 1.807) is 0 Å². The Kier molecular flexibility index (Phi) is 3.81. The average Bonchev–Trinajstić information content (AvgIpc) is 2.14. The van der Waals surface area contributed by atoms with Crippen molar-refractivity contribution in [3.63, 3.8) is 0 Å². The highest BCUT2D eigenvalue weighted by Crippen LogP contribution is 2.10. The van der Waals surface area contributed by atoms with E-state index in [1.165, 1.54) is 11.3 Å². The molecule has 0 unspecified atom stereocenters. The van der Waals surface area contributed by atoms with Gasteiger partial charge in [-0.2, -0.15) is 0 Å². The summed E-state index contributed by atoms with van der Waals surface area (Å²) in [4.78, 5) is 4.03. The summed E-state index contributed by atoms with van der Waals surface area (Å²) in [6.07, 6.45) is 0.980. The molecule has 2 nitrogen and oxygen atoms in total. The molecule has 0 bridgehead atoms. The average molecular weight is 209 g/mol. The van der Waals surface area contributed by atoms with Gasteiger partial charge in [-0.25, -0.2) is 4.98 Å². The zero-order valence-electron chi connectivity index (χ0n) is 5.13. The Morgan fingerprint density at radius 3 is 2.67 bits per heavy atom. The van der Waals surface area contributed by atoms with Crippen molar-refractivity contribution in [2.24, 2.45) is 0 Å². The second-order valence-electron chi connectivity index (χ2n) is 1.53. The van der Waals surface area contributed by atoms with Crippen LogP contribution in [0.5, 0.6) is 0 Å².